The number of rotatable bonds is 8. The highest BCUT2D eigenvalue weighted by molar-refractivity contribution is 6.01. The van der Waals surface area contributed by atoms with Gasteiger partial charge in [-0.25, -0.2) is 4.39 Å². The first-order chi connectivity index (χ1) is 15.9. The number of nitrogens with one attached hydrogen (secondary N) is 3. The van der Waals surface area contributed by atoms with Gasteiger partial charge in [0.25, 0.3) is 11.8 Å². The predicted molar refractivity (Wildman–Crippen MR) is 119 cm³/mol. The first kappa shape index (κ1) is 23.0. The maximum Gasteiger partial charge on any atom is 0.262 e. The molecule has 0 unspecified atom stereocenters. The molecule has 3 rings (SSSR count). The van der Waals surface area contributed by atoms with Crippen molar-refractivity contribution in [3.63, 3.8) is 0 Å². The van der Waals surface area contributed by atoms with Crippen LogP contribution in [0.25, 0.3) is 0 Å². The van der Waals surface area contributed by atoms with Crippen LogP contribution in [0.3, 0.4) is 0 Å². The zero-order chi connectivity index (χ0) is 23.6. The van der Waals surface area contributed by atoms with Crippen LogP contribution in [0.15, 0.2) is 72.8 Å². The number of hydrogen-bond acceptors (Lipinski definition) is 5. The minimum atomic E-state index is -0.556. The Morgan fingerprint density at radius 2 is 1.45 bits per heavy atom. The molecule has 3 aromatic carbocycles. The van der Waals surface area contributed by atoms with Crippen molar-refractivity contribution in [1.82, 2.24) is 5.32 Å². The second-order valence-electron chi connectivity index (χ2n) is 6.76. The van der Waals surface area contributed by atoms with Gasteiger partial charge in [-0.2, -0.15) is 5.26 Å². The highest BCUT2D eigenvalue weighted by atomic mass is 19.1. The smallest absolute Gasteiger partial charge is 0.262 e. The van der Waals surface area contributed by atoms with E-state index in [1.54, 1.807) is 36.4 Å². The van der Waals surface area contributed by atoms with Crippen LogP contribution in [0.4, 0.5) is 15.8 Å². The summed E-state index contributed by atoms with van der Waals surface area (Å²) in [5.41, 5.74) is 1.51. The van der Waals surface area contributed by atoms with Crippen LogP contribution in [-0.4, -0.2) is 30.9 Å². The Balaban J connectivity index is 1.52. The first-order valence-electron chi connectivity index (χ1n) is 9.80. The standard InChI is InChI=1S/C24H19FN4O4/c25-17-7-11-19(12-8-17)29-23(31)15-33-21-4-2-1-3-20(21)24(32)27-14-22(30)28-18-9-5-16(13-26)6-10-18/h1-12H,14-15H2,(H,27,32)(H,28,30)(H,29,31). The number of benzene rings is 3. The first-order valence-corrected chi connectivity index (χ1v) is 9.80. The number of hydrogen-bond donors (Lipinski definition) is 3. The quantitative estimate of drug-likeness (QED) is 0.491. The third-order valence-corrected chi connectivity index (χ3v) is 4.33. The molecule has 166 valence electrons. The Morgan fingerprint density at radius 3 is 2.12 bits per heavy atom. The van der Waals surface area contributed by atoms with Crippen molar-refractivity contribution in [2.24, 2.45) is 0 Å². The highest BCUT2D eigenvalue weighted by Gasteiger charge is 2.14. The Bertz CT molecular complexity index is 1190. The van der Waals surface area contributed by atoms with E-state index in [0.717, 1.165) is 0 Å². The summed E-state index contributed by atoms with van der Waals surface area (Å²) >= 11 is 0. The number of amides is 3. The molecule has 0 aliphatic carbocycles. The Hall–Kier alpha value is -4.71. The molecule has 3 N–H and O–H groups in total. The van der Waals surface area contributed by atoms with Crippen molar-refractivity contribution < 1.29 is 23.5 Å². The van der Waals surface area contributed by atoms with Gasteiger partial charge in [-0.15, -0.1) is 0 Å². The molecule has 0 aromatic heterocycles. The number of para-hydroxylation sites is 1. The lowest BCUT2D eigenvalue weighted by Crippen LogP contribution is -2.33. The van der Waals surface area contributed by atoms with E-state index in [9.17, 15) is 18.8 Å². The Morgan fingerprint density at radius 1 is 0.848 bits per heavy atom. The maximum absolute atomic E-state index is 13.0. The Labute approximate surface area is 189 Å². The van der Waals surface area contributed by atoms with Crippen molar-refractivity contribution in [1.29, 1.82) is 5.26 Å². The van der Waals surface area contributed by atoms with Crippen LogP contribution < -0.4 is 20.7 Å². The average molecular weight is 446 g/mol. The fourth-order valence-electron chi connectivity index (χ4n) is 2.74. The molecule has 0 bridgehead atoms. The number of carbonyl (C=O) groups excluding carboxylic acids is 3. The number of anilines is 2. The van der Waals surface area contributed by atoms with Gasteiger partial charge in [-0.05, 0) is 60.7 Å². The molecule has 9 heteroatoms. The van der Waals surface area contributed by atoms with Crippen molar-refractivity contribution in [2.45, 2.75) is 0 Å². The van der Waals surface area contributed by atoms with E-state index in [1.165, 1.54) is 36.4 Å². The van der Waals surface area contributed by atoms with E-state index in [1.807, 2.05) is 6.07 Å². The number of nitriles is 1. The predicted octanol–water partition coefficient (Wildman–Crippen LogP) is 3.08. The van der Waals surface area contributed by atoms with Gasteiger partial charge in [0.1, 0.15) is 11.6 Å². The summed E-state index contributed by atoms with van der Waals surface area (Å²) in [5, 5.41) is 16.5. The molecule has 0 radical (unpaired) electrons. The molecular formula is C24H19FN4O4. The molecular weight excluding hydrogens is 427 g/mol. The summed E-state index contributed by atoms with van der Waals surface area (Å²) in [6.45, 7) is -0.668. The lowest BCUT2D eigenvalue weighted by atomic mass is 10.2. The molecule has 8 nitrogen and oxygen atoms in total. The second-order valence-corrected chi connectivity index (χ2v) is 6.76. The maximum atomic E-state index is 13.0. The van der Waals surface area contributed by atoms with Gasteiger partial charge in [-0.3, -0.25) is 14.4 Å². The van der Waals surface area contributed by atoms with Gasteiger partial charge in [0.2, 0.25) is 5.91 Å². The lowest BCUT2D eigenvalue weighted by molar-refractivity contribution is -0.118. The minimum absolute atomic E-state index is 0.151. The van der Waals surface area contributed by atoms with E-state index in [2.05, 4.69) is 16.0 Å². The second kappa shape index (κ2) is 11.1. The summed E-state index contributed by atoms with van der Waals surface area (Å²) < 4.78 is 18.4. The fraction of sp³-hybridized carbons (Fsp3) is 0.0833. The molecule has 0 saturated heterocycles. The van der Waals surface area contributed by atoms with Crippen molar-refractivity contribution in [3.8, 4) is 11.8 Å². The van der Waals surface area contributed by atoms with E-state index in [4.69, 9.17) is 10.00 Å². The topological polar surface area (TPSA) is 120 Å². The number of ether oxygens (including phenoxy) is 1. The van der Waals surface area contributed by atoms with E-state index in [0.29, 0.717) is 16.9 Å². The monoisotopic (exact) mass is 446 g/mol. The number of halogens is 1. The fourth-order valence-corrected chi connectivity index (χ4v) is 2.74. The van der Waals surface area contributed by atoms with Gasteiger partial charge in [0.05, 0.1) is 23.7 Å². The Kier molecular flexibility index (Phi) is 7.70. The van der Waals surface area contributed by atoms with E-state index < -0.39 is 23.5 Å². The molecule has 0 fully saturated rings. The van der Waals surface area contributed by atoms with Crippen molar-refractivity contribution in [3.05, 3.63) is 89.7 Å². The van der Waals surface area contributed by atoms with Crippen LogP contribution in [0.5, 0.6) is 5.75 Å². The molecule has 0 spiro atoms. The summed E-state index contributed by atoms with van der Waals surface area (Å²) in [5.74, 6) is -1.75. The lowest BCUT2D eigenvalue weighted by Gasteiger charge is -2.12. The molecule has 0 aliphatic heterocycles. The molecule has 0 aliphatic rings. The van der Waals surface area contributed by atoms with Crippen LogP contribution in [0.2, 0.25) is 0 Å². The van der Waals surface area contributed by atoms with Gasteiger partial charge in [0, 0.05) is 11.4 Å². The van der Waals surface area contributed by atoms with Crippen molar-refractivity contribution >= 4 is 29.1 Å². The third-order valence-electron chi connectivity index (χ3n) is 4.33. The van der Waals surface area contributed by atoms with Crippen LogP contribution >= 0.6 is 0 Å². The van der Waals surface area contributed by atoms with Crippen LogP contribution in [-0.2, 0) is 9.59 Å². The summed E-state index contributed by atoms with van der Waals surface area (Å²) in [4.78, 5) is 36.7. The molecule has 0 saturated carbocycles. The van der Waals surface area contributed by atoms with Gasteiger partial charge >= 0.3 is 0 Å². The molecule has 33 heavy (non-hydrogen) atoms. The van der Waals surface area contributed by atoms with Crippen LogP contribution in [0, 0.1) is 17.1 Å². The zero-order valence-electron chi connectivity index (χ0n) is 17.3. The van der Waals surface area contributed by atoms with Gasteiger partial charge < -0.3 is 20.7 Å². The SMILES string of the molecule is N#Cc1ccc(NC(=O)CNC(=O)c2ccccc2OCC(=O)Nc2ccc(F)cc2)cc1. The van der Waals surface area contributed by atoms with E-state index in [-0.39, 0.29) is 24.5 Å². The molecule has 3 aromatic rings. The molecule has 0 atom stereocenters. The number of nitrogens with zero attached hydrogens (tertiary/aromatic N) is 1. The van der Waals surface area contributed by atoms with Gasteiger partial charge in [-0.1, -0.05) is 12.1 Å². The summed E-state index contributed by atoms with van der Waals surface area (Å²) in [6, 6.07) is 19.8. The highest BCUT2D eigenvalue weighted by Crippen LogP contribution is 2.18. The normalized spacial score (nSPS) is 9.94. The minimum Gasteiger partial charge on any atom is -0.483 e. The van der Waals surface area contributed by atoms with Crippen LogP contribution in [0.1, 0.15) is 15.9 Å². The van der Waals surface area contributed by atoms with Crippen molar-refractivity contribution in [2.75, 3.05) is 23.8 Å². The van der Waals surface area contributed by atoms with Gasteiger partial charge in [0.15, 0.2) is 6.61 Å². The van der Waals surface area contributed by atoms with E-state index >= 15 is 0 Å². The largest absolute Gasteiger partial charge is 0.483 e. The third kappa shape index (κ3) is 6.90. The number of carbonyl (C=O) groups is 3. The molecule has 0 heterocycles. The average Bonchev–Trinajstić information content (AvgIpc) is 2.83. The zero-order valence-corrected chi connectivity index (χ0v) is 17.3. The summed E-state index contributed by atoms with van der Waals surface area (Å²) in [6.07, 6.45) is 0. The summed E-state index contributed by atoms with van der Waals surface area (Å²) in [7, 11) is 0. The molecule has 3 amide bonds.